The molecule has 0 bridgehead atoms. The molecule has 10 heteroatoms. The molecule has 170 valence electrons. The molecule has 0 radical (unpaired) electrons. The van der Waals surface area contributed by atoms with Gasteiger partial charge in [-0.15, -0.1) is 0 Å². The van der Waals surface area contributed by atoms with Crippen molar-refractivity contribution < 1.29 is 22.8 Å². The second-order valence-corrected chi connectivity index (χ2v) is 8.25. The van der Waals surface area contributed by atoms with Gasteiger partial charge in [-0.05, 0) is 47.5 Å². The van der Waals surface area contributed by atoms with Gasteiger partial charge < -0.3 is 14.6 Å². The number of aromatic nitrogens is 3. The van der Waals surface area contributed by atoms with Crippen LogP contribution in [0.4, 0.5) is 14.6 Å². The number of benzene rings is 2. The minimum absolute atomic E-state index is 0.0184. The van der Waals surface area contributed by atoms with Crippen LogP contribution in [0, 0.1) is 25.5 Å². The van der Waals surface area contributed by atoms with Crippen LogP contribution in [0.1, 0.15) is 32.9 Å². The number of nitrogens with one attached hydrogen (secondary N) is 1. The van der Waals surface area contributed by atoms with Crippen molar-refractivity contribution in [2.24, 2.45) is 0 Å². The third kappa shape index (κ3) is 5.28. The zero-order valence-corrected chi connectivity index (χ0v) is 19.3. The molecule has 2 aromatic heterocycles. The van der Waals surface area contributed by atoms with Gasteiger partial charge >= 0.3 is 0 Å². The first kappa shape index (κ1) is 22.7. The van der Waals surface area contributed by atoms with Gasteiger partial charge in [-0.2, -0.15) is 5.10 Å². The first-order valence-corrected chi connectivity index (χ1v) is 10.7. The van der Waals surface area contributed by atoms with Crippen molar-refractivity contribution in [1.29, 1.82) is 0 Å². The van der Waals surface area contributed by atoms with Crippen LogP contribution in [-0.4, -0.2) is 20.8 Å². The third-order valence-electron chi connectivity index (χ3n) is 4.84. The van der Waals surface area contributed by atoms with Crippen molar-refractivity contribution >= 4 is 27.7 Å². The zero-order chi connectivity index (χ0) is 23.5. The molecular weight excluding hydrogens is 498 g/mol. The fourth-order valence-corrected chi connectivity index (χ4v) is 3.62. The van der Waals surface area contributed by atoms with Gasteiger partial charge in [0.15, 0.2) is 23.1 Å². The number of carbonyl (C=O) groups is 1. The highest BCUT2D eigenvalue weighted by atomic mass is 79.9. The summed E-state index contributed by atoms with van der Waals surface area (Å²) < 4.78 is 39.8. The van der Waals surface area contributed by atoms with Gasteiger partial charge in [-0.1, -0.05) is 35.0 Å². The predicted molar refractivity (Wildman–Crippen MR) is 120 cm³/mol. The van der Waals surface area contributed by atoms with Crippen molar-refractivity contribution in [3.05, 3.63) is 92.9 Å². The Morgan fingerprint density at radius 3 is 2.79 bits per heavy atom. The highest BCUT2D eigenvalue weighted by molar-refractivity contribution is 9.10. The number of ether oxygens (including phenoxy) is 1. The fourth-order valence-electron chi connectivity index (χ4n) is 3.21. The molecule has 4 rings (SSSR count). The monoisotopic (exact) mass is 516 g/mol. The van der Waals surface area contributed by atoms with Crippen LogP contribution >= 0.6 is 15.9 Å². The van der Waals surface area contributed by atoms with Crippen molar-refractivity contribution in [3.63, 3.8) is 0 Å². The Balaban J connectivity index is 1.47. The van der Waals surface area contributed by atoms with Gasteiger partial charge in [0.05, 0.1) is 16.6 Å². The van der Waals surface area contributed by atoms with E-state index >= 15 is 0 Å². The Bertz CT molecular complexity index is 1320. The van der Waals surface area contributed by atoms with Gasteiger partial charge in [0, 0.05) is 12.3 Å². The van der Waals surface area contributed by atoms with Crippen LogP contribution in [-0.2, 0) is 13.2 Å². The summed E-state index contributed by atoms with van der Waals surface area (Å²) in [6.07, 6.45) is 1.76. The summed E-state index contributed by atoms with van der Waals surface area (Å²) in [5.74, 6) is -1.63. The molecule has 2 heterocycles. The van der Waals surface area contributed by atoms with Crippen LogP contribution in [0.2, 0.25) is 0 Å². The van der Waals surface area contributed by atoms with Crippen molar-refractivity contribution in [2.75, 3.05) is 5.32 Å². The normalized spacial score (nSPS) is 10.9. The molecule has 2 aromatic carbocycles. The van der Waals surface area contributed by atoms with Crippen LogP contribution in [0.25, 0.3) is 0 Å². The molecule has 7 nitrogen and oxygen atoms in total. The highest BCUT2D eigenvalue weighted by Crippen LogP contribution is 2.24. The summed E-state index contributed by atoms with van der Waals surface area (Å²) in [6, 6.07) is 11.0. The second kappa shape index (κ2) is 9.53. The fraction of sp³-hybridized carbons (Fsp3) is 0.174. The van der Waals surface area contributed by atoms with Crippen molar-refractivity contribution in [1.82, 2.24) is 14.9 Å². The average molecular weight is 517 g/mol. The Morgan fingerprint density at radius 2 is 2.03 bits per heavy atom. The molecule has 1 amide bonds. The number of rotatable bonds is 7. The lowest BCUT2D eigenvalue weighted by Gasteiger charge is -2.08. The lowest BCUT2D eigenvalue weighted by molar-refractivity contribution is 0.101. The number of anilines is 1. The average Bonchev–Trinajstić information content (AvgIpc) is 3.29. The lowest BCUT2D eigenvalue weighted by atomic mass is 10.1. The maximum Gasteiger partial charge on any atom is 0.279 e. The molecule has 0 spiro atoms. The first-order valence-electron chi connectivity index (χ1n) is 9.93. The quantitative estimate of drug-likeness (QED) is 0.355. The van der Waals surface area contributed by atoms with E-state index in [1.165, 1.54) is 6.07 Å². The molecule has 33 heavy (non-hydrogen) atoms. The van der Waals surface area contributed by atoms with E-state index in [1.807, 2.05) is 25.1 Å². The molecule has 0 aliphatic rings. The molecule has 0 fully saturated rings. The Hall–Kier alpha value is -3.53. The maximum atomic E-state index is 13.9. The molecule has 1 N–H and O–H groups in total. The van der Waals surface area contributed by atoms with Crippen LogP contribution in [0.3, 0.4) is 0 Å². The summed E-state index contributed by atoms with van der Waals surface area (Å²) in [7, 11) is 0. The van der Waals surface area contributed by atoms with Crippen molar-refractivity contribution in [3.8, 4) is 5.75 Å². The molecule has 0 saturated heterocycles. The van der Waals surface area contributed by atoms with E-state index in [4.69, 9.17) is 9.26 Å². The highest BCUT2D eigenvalue weighted by Gasteiger charge is 2.22. The van der Waals surface area contributed by atoms with Crippen molar-refractivity contribution in [2.45, 2.75) is 27.0 Å². The number of aryl methyl sites for hydroxylation is 2. The summed E-state index contributed by atoms with van der Waals surface area (Å²) >= 11 is 3.41. The molecule has 0 aliphatic heterocycles. The summed E-state index contributed by atoms with van der Waals surface area (Å²) in [6.45, 7) is 3.96. The summed E-state index contributed by atoms with van der Waals surface area (Å²) in [5.41, 5.74) is 2.54. The largest absolute Gasteiger partial charge is 0.486 e. The standard InChI is InChI=1S/C23H19BrF2N4O3/c1-13-4-3-5-15(8-13)10-30-11-18(24)22(28-30)27-23(31)21-17(14(2)33-29-21)12-32-20-7-6-16(25)9-19(20)26/h3-9,11H,10,12H2,1-2H3,(H,27,28,31). The number of hydrogen-bond donors (Lipinski definition) is 1. The van der Waals surface area contributed by atoms with Gasteiger partial charge in [-0.25, -0.2) is 8.78 Å². The predicted octanol–water partition coefficient (Wildman–Crippen LogP) is 5.41. The third-order valence-corrected chi connectivity index (χ3v) is 5.42. The van der Waals surface area contributed by atoms with E-state index < -0.39 is 17.5 Å². The molecule has 0 aliphatic carbocycles. The van der Waals surface area contributed by atoms with Gasteiger partial charge in [0.25, 0.3) is 5.91 Å². The molecule has 4 aromatic rings. The molecule has 0 unspecified atom stereocenters. The maximum absolute atomic E-state index is 13.9. The lowest BCUT2D eigenvalue weighted by Crippen LogP contribution is -2.16. The summed E-state index contributed by atoms with van der Waals surface area (Å²) in [5, 5.41) is 10.9. The second-order valence-electron chi connectivity index (χ2n) is 7.40. The SMILES string of the molecule is Cc1cccc(Cn2cc(Br)c(NC(=O)c3noc(C)c3COc3ccc(F)cc3F)n2)c1. The van der Waals surface area contributed by atoms with Crippen LogP contribution in [0.15, 0.2) is 57.7 Å². The number of amides is 1. The molecular formula is C23H19BrF2N4O3. The number of nitrogens with zero attached hydrogens (tertiary/aromatic N) is 3. The van der Waals surface area contributed by atoms with Gasteiger partial charge in [0.1, 0.15) is 18.2 Å². The van der Waals surface area contributed by atoms with E-state index in [9.17, 15) is 13.6 Å². The van der Waals surface area contributed by atoms with E-state index in [2.05, 4.69) is 37.6 Å². The smallest absolute Gasteiger partial charge is 0.279 e. The Labute approximate surface area is 196 Å². The van der Waals surface area contributed by atoms with E-state index in [0.717, 1.165) is 17.2 Å². The topological polar surface area (TPSA) is 82.2 Å². The summed E-state index contributed by atoms with van der Waals surface area (Å²) in [4.78, 5) is 12.9. The minimum atomic E-state index is -0.849. The molecule has 0 saturated carbocycles. The number of carbonyl (C=O) groups excluding carboxylic acids is 1. The first-order chi connectivity index (χ1) is 15.8. The minimum Gasteiger partial charge on any atom is -0.486 e. The zero-order valence-electron chi connectivity index (χ0n) is 17.7. The Morgan fingerprint density at radius 1 is 1.21 bits per heavy atom. The van der Waals surface area contributed by atoms with E-state index in [0.29, 0.717) is 34.2 Å². The number of hydrogen-bond acceptors (Lipinski definition) is 5. The molecule has 0 atom stereocenters. The van der Waals surface area contributed by atoms with Gasteiger partial charge in [-0.3, -0.25) is 9.48 Å². The van der Waals surface area contributed by atoms with E-state index in [1.54, 1.807) is 17.8 Å². The van der Waals surface area contributed by atoms with E-state index in [-0.39, 0.29) is 18.1 Å². The van der Waals surface area contributed by atoms with Crippen LogP contribution < -0.4 is 10.1 Å². The van der Waals surface area contributed by atoms with Crippen LogP contribution in [0.5, 0.6) is 5.75 Å². The Kier molecular flexibility index (Phi) is 6.55. The number of halogens is 3. The van der Waals surface area contributed by atoms with Gasteiger partial charge in [0.2, 0.25) is 0 Å².